The lowest BCUT2D eigenvalue weighted by atomic mass is 9.85. The van der Waals surface area contributed by atoms with Gasteiger partial charge in [0.15, 0.2) is 0 Å². The molecule has 0 fully saturated rings. The van der Waals surface area contributed by atoms with E-state index in [-0.39, 0.29) is 12.0 Å². The van der Waals surface area contributed by atoms with Gasteiger partial charge in [-0.2, -0.15) is 0 Å². The summed E-state index contributed by atoms with van der Waals surface area (Å²) in [6.45, 7) is 5.84. The van der Waals surface area contributed by atoms with Crippen LogP contribution < -0.4 is 16.5 Å². The molecule has 2 aromatic heterocycles. The molecule has 0 bridgehead atoms. The van der Waals surface area contributed by atoms with Crippen LogP contribution in [-0.4, -0.2) is 36.1 Å². The first-order chi connectivity index (χ1) is 18.7. The van der Waals surface area contributed by atoms with Gasteiger partial charge in [0.05, 0.1) is 35.6 Å². The Hall–Kier alpha value is -4.08. The molecule has 198 valence electrons. The van der Waals surface area contributed by atoms with Crippen molar-refractivity contribution in [1.82, 2.24) is 9.55 Å². The summed E-state index contributed by atoms with van der Waals surface area (Å²) in [5.41, 5.74) is 6.48. The van der Waals surface area contributed by atoms with E-state index >= 15 is 0 Å². The maximum atomic E-state index is 14.4. The van der Waals surface area contributed by atoms with Gasteiger partial charge in [-0.1, -0.05) is 73.7 Å². The number of carbonyl (C=O) groups is 2. The molecule has 0 amide bonds. The molecule has 9 heteroatoms. The Balaban J connectivity index is 1.64. The van der Waals surface area contributed by atoms with Crippen LogP contribution in [0.1, 0.15) is 35.8 Å². The topological polar surface area (TPSA) is 114 Å². The molecule has 2 aromatic carbocycles. The maximum absolute atomic E-state index is 14.4. The smallest absolute Gasteiger partial charge is 0.355 e. The third-order valence-corrected chi connectivity index (χ3v) is 11.6. The van der Waals surface area contributed by atoms with Gasteiger partial charge < -0.3 is 19.8 Å². The van der Waals surface area contributed by atoms with Crippen LogP contribution >= 0.6 is 0 Å². The van der Waals surface area contributed by atoms with Crippen LogP contribution in [0.5, 0.6) is 0 Å². The number of hydrogen-bond acceptors (Lipinski definition) is 7. The summed E-state index contributed by atoms with van der Waals surface area (Å²) in [6, 6.07) is 21.5. The fourth-order valence-corrected chi connectivity index (χ4v) is 8.67. The lowest BCUT2D eigenvalue weighted by Gasteiger charge is -2.43. The van der Waals surface area contributed by atoms with Crippen molar-refractivity contribution >= 4 is 36.1 Å². The molecule has 2 unspecified atom stereocenters. The lowest BCUT2D eigenvalue weighted by Crippen LogP contribution is -2.57. The zero-order valence-electron chi connectivity index (χ0n) is 22.1. The number of nitrogens with two attached hydrogens (primary N) is 1. The first kappa shape index (κ1) is 25.2. The SMILES string of the molecule is CCC1(OC(=O)CN)C(=O)OC([Si](C)(C)c2ccccc2)c2c1cc1n(c2=O)Cc2cc3ccccc3nc2-1. The molecule has 0 radical (unpaired) electrons. The molecule has 4 heterocycles. The molecule has 2 aliphatic rings. The number of rotatable bonds is 5. The number of esters is 2. The molecule has 2 aliphatic heterocycles. The highest BCUT2D eigenvalue weighted by atomic mass is 28.3. The van der Waals surface area contributed by atoms with Crippen molar-refractivity contribution in [1.29, 1.82) is 0 Å². The third-order valence-electron chi connectivity index (χ3n) is 8.09. The van der Waals surface area contributed by atoms with Crippen LogP contribution in [0, 0.1) is 0 Å². The number of ether oxygens (including phenoxy) is 2. The van der Waals surface area contributed by atoms with E-state index in [0.29, 0.717) is 29.1 Å². The van der Waals surface area contributed by atoms with Crippen molar-refractivity contribution in [2.75, 3.05) is 6.54 Å². The molecule has 2 atom stereocenters. The molecule has 2 N–H and O–H groups in total. The number of pyridine rings is 2. The van der Waals surface area contributed by atoms with E-state index in [0.717, 1.165) is 21.7 Å². The van der Waals surface area contributed by atoms with E-state index in [2.05, 4.69) is 13.1 Å². The summed E-state index contributed by atoms with van der Waals surface area (Å²) in [5, 5.41) is 2.02. The summed E-state index contributed by atoms with van der Waals surface area (Å²) in [6.07, 6.45) is 0.0888. The number of benzene rings is 2. The van der Waals surface area contributed by atoms with E-state index in [1.54, 1.807) is 17.6 Å². The van der Waals surface area contributed by atoms with Crippen molar-refractivity contribution in [2.45, 2.75) is 44.3 Å². The number of hydrogen-bond donors (Lipinski definition) is 1. The van der Waals surface area contributed by atoms with Crippen LogP contribution in [0.3, 0.4) is 0 Å². The quantitative estimate of drug-likeness (QED) is 0.269. The Kier molecular flexibility index (Phi) is 5.81. The van der Waals surface area contributed by atoms with Gasteiger partial charge in [0.2, 0.25) is 5.60 Å². The fourth-order valence-electron chi connectivity index (χ4n) is 5.91. The van der Waals surface area contributed by atoms with Crippen LogP contribution in [0.25, 0.3) is 22.3 Å². The zero-order valence-corrected chi connectivity index (χ0v) is 23.1. The third kappa shape index (κ3) is 3.68. The molecular weight excluding hydrogens is 510 g/mol. The lowest BCUT2D eigenvalue weighted by molar-refractivity contribution is -0.189. The minimum absolute atomic E-state index is 0.0888. The second-order valence-corrected chi connectivity index (χ2v) is 15.2. The van der Waals surface area contributed by atoms with Crippen LogP contribution in [-0.2, 0) is 31.2 Å². The van der Waals surface area contributed by atoms with E-state index in [1.165, 1.54) is 0 Å². The summed E-state index contributed by atoms with van der Waals surface area (Å²) < 4.78 is 13.6. The Morgan fingerprint density at radius 3 is 2.56 bits per heavy atom. The maximum Gasteiger partial charge on any atom is 0.355 e. The number of aromatic nitrogens is 2. The number of cyclic esters (lactones) is 1. The molecule has 6 rings (SSSR count). The van der Waals surface area contributed by atoms with Gasteiger partial charge in [-0.15, -0.1) is 0 Å². The van der Waals surface area contributed by atoms with Gasteiger partial charge in [-0.3, -0.25) is 9.59 Å². The largest absolute Gasteiger partial charge is 0.458 e. The Labute approximate surface area is 226 Å². The predicted octanol–water partition coefficient (Wildman–Crippen LogP) is 3.29. The second kappa shape index (κ2) is 9.00. The minimum atomic E-state index is -2.62. The molecule has 0 aliphatic carbocycles. The molecular formula is C30H29N3O5Si. The molecule has 4 aromatic rings. The van der Waals surface area contributed by atoms with Gasteiger partial charge >= 0.3 is 11.9 Å². The Morgan fingerprint density at radius 1 is 1.13 bits per heavy atom. The summed E-state index contributed by atoms with van der Waals surface area (Å²) >= 11 is 0. The number of nitrogens with zero attached hydrogens (tertiary/aromatic N) is 2. The van der Waals surface area contributed by atoms with Crippen molar-refractivity contribution < 1.29 is 19.1 Å². The molecule has 0 spiro atoms. The van der Waals surface area contributed by atoms with Crippen LogP contribution in [0.2, 0.25) is 13.1 Å². The Bertz CT molecular complexity index is 1720. The predicted molar refractivity (Wildman–Crippen MR) is 150 cm³/mol. The van der Waals surface area contributed by atoms with Crippen molar-refractivity contribution in [3.63, 3.8) is 0 Å². The monoisotopic (exact) mass is 539 g/mol. The van der Waals surface area contributed by atoms with Crippen molar-refractivity contribution in [3.8, 4) is 11.4 Å². The molecule has 0 saturated carbocycles. The normalized spacial score (nSPS) is 19.7. The minimum Gasteiger partial charge on any atom is -0.458 e. The number of carbonyl (C=O) groups excluding carboxylic acids is 2. The van der Waals surface area contributed by atoms with Crippen LogP contribution in [0.4, 0.5) is 0 Å². The molecule has 8 nitrogen and oxygen atoms in total. The average molecular weight is 540 g/mol. The van der Waals surface area contributed by atoms with E-state index in [1.807, 2.05) is 60.7 Å². The number of fused-ring (bicyclic) bond motifs is 5. The zero-order chi connectivity index (χ0) is 27.5. The molecule has 39 heavy (non-hydrogen) atoms. The van der Waals surface area contributed by atoms with Gasteiger partial charge in [-0.05, 0) is 24.6 Å². The van der Waals surface area contributed by atoms with E-state index < -0.39 is 37.9 Å². The fraction of sp³-hybridized carbons (Fsp3) is 0.267. The van der Waals surface area contributed by atoms with Gasteiger partial charge in [0.1, 0.15) is 13.8 Å². The first-order valence-electron chi connectivity index (χ1n) is 13.1. The summed E-state index contributed by atoms with van der Waals surface area (Å²) in [7, 11) is -2.62. The van der Waals surface area contributed by atoms with Crippen molar-refractivity contribution in [2.24, 2.45) is 5.73 Å². The highest BCUT2D eigenvalue weighted by molar-refractivity contribution is 6.90. The van der Waals surface area contributed by atoms with Gasteiger partial charge in [-0.25, -0.2) is 9.78 Å². The van der Waals surface area contributed by atoms with E-state index in [4.69, 9.17) is 20.2 Å². The standard InChI is InChI=1S/C30H29N3O5Si/c1-4-30(38-24(34)16-31)21-15-23-26-19(14-18-10-8-9-13-22(18)32-26)17-33(23)27(35)25(21)28(37-29(30)36)39(2,3)20-11-6-5-7-12-20/h5-15,28H,4,16-17,31H2,1-3H3. The molecule has 0 saturated heterocycles. The average Bonchev–Trinajstić information content (AvgIpc) is 3.31. The van der Waals surface area contributed by atoms with Crippen LogP contribution in [0.15, 0.2) is 71.5 Å². The first-order valence-corrected chi connectivity index (χ1v) is 16.1. The van der Waals surface area contributed by atoms with Gasteiger partial charge in [0, 0.05) is 16.5 Å². The van der Waals surface area contributed by atoms with E-state index in [9.17, 15) is 14.4 Å². The highest BCUT2D eigenvalue weighted by Crippen LogP contribution is 2.46. The van der Waals surface area contributed by atoms with Gasteiger partial charge in [0.25, 0.3) is 5.56 Å². The number of para-hydroxylation sites is 1. The Morgan fingerprint density at radius 2 is 1.85 bits per heavy atom. The highest BCUT2D eigenvalue weighted by Gasteiger charge is 2.56. The second-order valence-electron chi connectivity index (χ2n) is 10.7. The summed E-state index contributed by atoms with van der Waals surface area (Å²) in [5.74, 6) is -1.43. The van der Waals surface area contributed by atoms with Crippen molar-refractivity contribution in [3.05, 3.63) is 93.8 Å². The summed E-state index contributed by atoms with van der Waals surface area (Å²) in [4.78, 5) is 45.7.